The van der Waals surface area contributed by atoms with E-state index in [0.29, 0.717) is 45.9 Å². The molecule has 3 aliphatic rings. The van der Waals surface area contributed by atoms with Gasteiger partial charge in [0.15, 0.2) is 0 Å². The Hall–Kier alpha value is -4.76. The van der Waals surface area contributed by atoms with Crippen LogP contribution in [0.2, 0.25) is 0 Å². The van der Waals surface area contributed by atoms with Gasteiger partial charge in [-0.3, -0.25) is 9.88 Å². The van der Waals surface area contributed by atoms with Gasteiger partial charge in [0, 0.05) is 55.7 Å². The number of hydrogen-bond acceptors (Lipinski definition) is 9. The van der Waals surface area contributed by atoms with Crippen LogP contribution in [0.5, 0.6) is 5.88 Å². The van der Waals surface area contributed by atoms with E-state index in [1.165, 1.54) is 11.8 Å². The Bertz CT molecular complexity index is 1550. The molecule has 0 saturated carbocycles. The number of nitriles is 1. The first kappa shape index (κ1) is 24.6. The average molecular weight is 526 g/mol. The predicted molar refractivity (Wildman–Crippen MR) is 141 cm³/mol. The molecule has 3 unspecified atom stereocenters. The van der Waals surface area contributed by atoms with Crippen molar-refractivity contribution in [3.05, 3.63) is 65.9 Å². The van der Waals surface area contributed by atoms with Crippen molar-refractivity contribution in [2.45, 2.75) is 38.0 Å². The highest BCUT2D eigenvalue weighted by atomic mass is 16.5. The third-order valence-corrected chi connectivity index (χ3v) is 7.55. The second kappa shape index (κ2) is 9.85. The van der Waals surface area contributed by atoms with Crippen LogP contribution in [0, 0.1) is 11.3 Å². The maximum absolute atomic E-state index is 11.2. The van der Waals surface area contributed by atoms with Crippen LogP contribution in [-0.4, -0.2) is 72.9 Å². The third kappa shape index (κ3) is 4.57. The van der Waals surface area contributed by atoms with Crippen molar-refractivity contribution in [3.63, 3.8) is 0 Å². The molecule has 1 amide bonds. The van der Waals surface area contributed by atoms with E-state index in [0.717, 1.165) is 31.9 Å². The highest BCUT2D eigenvalue weighted by molar-refractivity contribution is 5.83. The van der Waals surface area contributed by atoms with Gasteiger partial charge < -0.3 is 20.1 Å². The number of piperidine rings is 1. The number of anilines is 1. The smallest absolute Gasteiger partial charge is 0.405 e. The summed E-state index contributed by atoms with van der Waals surface area (Å²) >= 11 is 0. The quantitative estimate of drug-likeness (QED) is 0.369. The molecule has 12 heteroatoms. The summed E-state index contributed by atoms with van der Waals surface area (Å²) in [5, 5.41) is 25.5. The summed E-state index contributed by atoms with van der Waals surface area (Å²) in [6, 6.07) is 8.37. The Labute approximate surface area is 224 Å². The van der Waals surface area contributed by atoms with Gasteiger partial charge in [0.2, 0.25) is 5.88 Å². The highest BCUT2D eigenvalue weighted by Gasteiger charge is 2.44. The molecule has 0 spiro atoms. The van der Waals surface area contributed by atoms with Crippen molar-refractivity contribution in [1.82, 2.24) is 34.8 Å². The molecular formula is C27H27N9O3. The number of pyridine rings is 2. The maximum Gasteiger partial charge on any atom is 0.405 e. The largest absolute Gasteiger partial charge is 0.481 e. The van der Waals surface area contributed by atoms with Gasteiger partial charge in [-0.2, -0.15) is 10.4 Å². The Morgan fingerprint density at radius 2 is 2.03 bits per heavy atom. The number of amides is 1. The summed E-state index contributed by atoms with van der Waals surface area (Å²) in [6.07, 6.45) is 8.60. The molecule has 4 aromatic heterocycles. The number of carboxylic acid groups (broad SMARTS) is 1. The van der Waals surface area contributed by atoms with Crippen molar-refractivity contribution in [1.29, 1.82) is 5.26 Å². The zero-order valence-electron chi connectivity index (χ0n) is 21.5. The molecule has 39 heavy (non-hydrogen) atoms. The van der Waals surface area contributed by atoms with E-state index >= 15 is 0 Å². The van der Waals surface area contributed by atoms with E-state index in [-0.39, 0.29) is 0 Å². The summed E-state index contributed by atoms with van der Waals surface area (Å²) in [5.41, 5.74) is 4.13. The average Bonchev–Trinajstić information content (AvgIpc) is 3.39. The van der Waals surface area contributed by atoms with Crippen LogP contribution in [0.1, 0.15) is 36.1 Å². The van der Waals surface area contributed by atoms with E-state index in [2.05, 4.69) is 37.3 Å². The minimum atomic E-state index is -1.12. The third-order valence-electron chi connectivity index (χ3n) is 7.55. The molecule has 7 rings (SSSR count). The van der Waals surface area contributed by atoms with E-state index < -0.39 is 12.1 Å². The van der Waals surface area contributed by atoms with Crippen LogP contribution in [0.25, 0.3) is 16.8 Å². The van der Waals surface area contributed by atoms with Gasteiger partial charge in [-0.05, 0) is 30.5 Å². The van der Waals surface area contributed by atoms with Crippen molar-refractivity contribution < 1.29 is 14.6 Å². The van der Waals surface area contributed by atoms with Crippen molar-refractivity contribution in [3.8, 4) is 23.2 Å². The molecule has 3 fully saturated rings. The lowest BCUT2D eigenvalue weighted by Gasteiger charge is -2.56. The zero-order valence-corrected chi connectivity index (χ0v) is 21.5. The van der Waals surface area contributed by atoms with Crippen molar-refractivity contribution in [2.75, 3.05) is 25.1 Å². The second-order valence-electron chi connectivity index (χ2n) is 9.91. The molecule has 2 N–H and O–H groups in total. The fraction of sp³-hybridized carbons (Fsp3) is 0.333. The van der Waals surface area contributed by atoms with E-state index in [9.17, 15) is 10.1 Å². The van der Waals surface area contributed by atoms with Gasteiger partial charge in [0.1, 0.15) is 11.9 Å². The lowest BCUT2D eigenvalue weighted by atomic mass is 9.87. The monoisotopic (exact) mass is 525 g/mol. The molecule has 3 atom stereocenters. The maximum atomic E-state index is 11.2. The zero-order chi connectivity index (χ0) is 27.1. The Morgan fingerprint density at radius 3 is 2.67 bits per heavy atom. The van der Waals surface area contributed by atoms with Gasteiger partial charge in [-0.25, -0.2) is 19.3 Å². The number of nitrogens with one attached hydrogen (secondary N) is 1. The SMILES string of the molecule is COc1ccc(CN2C3CC2CN(c2cnc(-c4cc(C(C)NC(=O)O)cn5ncc(C#N)c45)cn2)C3)cn1. The van der Waals surface area contributed by atoms with Crippen LogP contribution in [0.4, 0.5) is 10.6 Å². The molecule has 198 valence electrons. The first-order chi connectivity index (χ1) is 18.9. The number of nitrogens with zero attached hydrogens (tertiary/aromatic N) is 8. The molecular weight excluding hydrogens is 498 g/mol. The number of hydrogen-bond donors (Lipinski definition) is 2. The van der Waals surface area contributed by atoms with Gasteiger partial charge in [0.05, 0.1) is 48.5 Å². The number of aromatic nitrogens is 5. The summed E-state index contributed by atoms with van der Waals surface area (Å²) < 4.78 is 6.75. The van der Waals surface area contributed by atoms with Crippen LogP contribution in [-0.2, 0) is 6.54 Å². The van der Waals surface area contributed by atoms with E-state index in [4.69, 9.17) is 19.8 Å². The second-order valence-corrected chi connectivity index (χ2v) is 9.91. The lowest BCUT2D eigenvalue weighted by molar-refractivity contribution is -0.00879. The Morgan fingerprint density at radius 1 is 1.21 bits per heavy atom. The fourth-order valence-corrected chi connectivity index (χ4v) is 5.52. The summed E-state index contributed by atoms with van der Waals surface area (Å²) in [7, 11) is 1.62. The van der Waals surface area contributed by atoms with E-state index in [1.807, 2.05) is 18.3 Å². The van der Waals surface area contributed by atoms with Crippen LogP contribution in [0.3, 0.4) is 0 Å². The van der Waals surface area contributed by atoms with Crippen LogP contribution >= 0.6 is 0 Å². The fourth-order valence-electron chi connectivity index (χ4n) is 5.52. The minimum absolute atomic E-state index is 0.407. The first-order valence-electron chi connectivity index (χ1n) is 12.7. The summed E-state index contributed by atoms with van der Waals surface area (Å²) in [6.45, 7) is 4.35. The molecule has 7 heterocycles. The lowest BCUT2D eigenvalue weighted by Crippen LogP contribution is -2.68. The van der Waals surface area contributed by atoms with Crippen LogP contribution in [0.15, 0.2) is 49.2 Å². The summed E-state index contributed by atoms with van der Waals surface area (Å²) in [5.74, 6) is 1.42. The standard InChI is InChI=1S/C27H27N9O3/c1-16(33-27(37)38)18-5-22(26-19(7-28)9-32-36(26)13-18)23-10-30-24(11-29-23)34-14-20-6-21(15-34)35(20)12-17-3-4-25(39-2)31-8-17/h3-5,8-11,13,16,20-21,33H,6,12,14-15H2,1-2H3,(H,37,38). The van der Waals surface area contributed by atoms with E-state index in [1.54, 1.807) is 37.1 Å². The van der Waals surface area contributed by atoms with Gasteiger partial charge >= 0.3 is 6.09 Å². The number of rotatable bonds is 7. The number of piperazine rings is 1. The molecule has 0 aliphatic carbocycles. The molecule has 2 bridgehead atoms. The first-order valence-corrected chi connectivity index (χ1v) is 12.7. The topological polar surface area (TPSA) is 145 Å². The molecule has 3 aliphatic heterocycles. The van der Waals surface area contributed by atoms with Gasteiger partial charge in [-0.1, -0.05) is 6.07 Å². The molecule has 12 nitrogen and oxygen atoms in total. The van der Waals surface area contributed by atoms with Gasteiger partial charge in [0.25, 0.3) is 0 Å². The highest BCUT2D eigenvalue weighted by Crippen LogP contribution is 2.36. The molecule has 4 aromatic rings. The Kier molecular flexibility index (Phi) is 6.20. The van der Waals surface area contributed by atoms with Crippen LogP contribution < -0.4 is 15.0 Å². The Balaban J connectivity index is 1.21. The van der Waals surface area contributed by atoms with Crippen molar-refractivity contribution >= 4 is 17.4 Å². The number of carbonyl (C=O) groups is 1. The molecule has 0 aromatic carbocycles. The molecule has 3 saturated heterocycles. The minimum Gasteiger partial charge on any atom is -0.481 e. The van der Waals surface area contributed by atoms with Gasteiger partial charge in [-0.15, -0.1) is 0 Å². The summed E-state index contributed by atoms with van der Waals surface area (Å²) in [4.78, 5) is 29.7. The normalized spacial score (nSPS) is 19.3. The number of ether oxygens (including phenoxy) is 1. The predicted octanol–water partition coefficient (Wildman–Crippen LogP) is 2.86. The number of methoxy groups -OCH3 is 1. The molecule has 0 radical (unpaired) electrons. The van der Waals surface area contributed by atoms with Crippen molar-refractivity contribution in [2.24, 2.45) is 0 Å². The number of fused-ring (bicyclic) bond motifs is 3.